The molecule has 0 aliphatic carbocycles. The third kappa shape index (κ3) is 5.21. The molecule has 0 saturated heterocycles. The first-order chi connectivity index (χ1) is 9.20. The number of nitrogens with zero attached hydrogens (tertiary/aromatic N) is 1. The van der Waals surface area contributed by atoms with E-state index in [9.17, 15) is 9.90 Å². The Morgan fingerprint density at radius 3 is 2.35 bits per heavy atom. The van der Waals surface area contributed by atoms with Gasteiger partial charge >= 0.3 is 6.03 Å². The molecule has 20 heavy (non-hydrogen) atoms. The Morgan fingerprint density at radius 1 is 1.30 bits per heavy atom. The lowest BCUT2D eigenvalue weighted by molar-refractivity contribution is 0.0527. The molecular weight excluding hydrogens is 252 g/mol. The van der Waals surface area contributed by atoms with Gasteiger partial charge in [0, 0.05) is 19.0 Å². The van der Waals surface area contributed by atoms with E-state index in [4.69, 9.17) is 0 Å². The molecule has 4 heteroatoms. The monoisotopic (exact) mass is 278 g/mol. The van der Waals surface area contributed by atoms with E-state index in [-0.39, 0.29) is 18.0 Å². The summed E-state index contributed by atoms with van der Waals surface area (Å²) < 4.78 is 0. The van der Waals surface area contributed by atoms with Gasteiger partial charge in [0.1, 0.15) is 0 Å². The topological polar surface area (TPSA) is 52.6 Å². The van der Waals surface area contributed by atoms with Crippen molar-refractivity contribution in [2.75, 3.05) is 13.6 Å². The molecule has 0 bridgehead atoms. The number of rotatable bonds is 5. The second-order valence-electron chi connectivity index (χ2n) is 6.11. The van der Waals surface area contributed by atoms with Crippen LogP contribution in [0.15, 0.2) is 30.3 Å². The highest BCUT2D eigenvalue weighted by Crippen LogP contribution is 2.18. The van der Waals surface area contributed by atoms with Crippen molar-refractivity contribution in [1.82, 2.24) is 10.2 Å². The Balaban J connectivity index is 2.57. The first-order valence-electron chi connectivity index (χ1n) is 6.99. The van der Waals surface area contributed by atoms with Crippen LogP contribution in [0.4, 0.5) is 4.79 Å². The maximum absolute atomic E-state index is 12.1. The molecule has 0 aliphatic rings. The highest BCUT2D eigenvalue weighted by Gasteiger charge is 2.22. The van der Waals surface area contributed by atoms with Crippen LogP contribution in [0.5, 0.6) is 0 Å². The Labute approximate surface area is 121 Å². The Morgan fingerprint density at radius 2 is 1.85 bits per heavy atom. The summed E-state index contributed by atoms with van der Waals surface area (Å²) in [5, 5.41) is 12.7. The summed E-state index contributed by atoms with van der Waals surface area (Å²) in [6.07, 6.45) is 0. The van der Waals surface area contributed by atoms with Crippen LogP contribution < -0.4 is 5.32 Å². The zero-order valence-corrected chi connectivity index (χ0v) is 13.1. The molecule has 1 aromatic rings. The zero-order chi connectivity index (χ0) is 15.3. The quantitative estimate of drug-likeness (QED) is 0.870. The third-order valence-corrected chi connectivity index (χ3v) is 3.40. The van der Waals surface area contributed by atoms with E-state index in [0.29, 0.717) is 6.54 Å². The minimum absolute atomic E-state index is 0.0224. The van der Waals surface area contributed by atoms with E-state index in [1.165, 1.54) is 10.5 Å². The molecule has 0 fully saturated rings. The van der Waals surface area contributed by atoms with Crippen molar-refractivity contribution in [3.63, 3.8) is 0 Å². The molecule has 2 atom stereocenters. The average molecular weight is 278 g/mol. The van der Waals surface area contributed by atoms with Crippen molar-refractivity contribution in [2.24, 2.45) is 0 Å². The van der Waals surface area contributed by atoms with E-state index in [0.717, 1.165) is 0 Å². The Bertz CT molecular complexity index is 426. The number of carbonyl (C=O) groups is 1. The molecule has 0 heterocycles. The fraction of sp³-hybridized carbons (Fsp3) is 0.562. The van der Waals surface area contributed by atoms with Gasteiger partial charge in [0.15, 0.2) is 0 Å². The lowest BCUT2D eigenvalue weighted by Crippen LogP contribution is -2.48. The van der Waals surface area contributed by atoms with Gasteiger partial charge in [0.25, 0.3) is 0 Å². The smallest absolute Gasteiger partial charge is 0.317 e. The summed E-state index contributed by atoms with van der Waals surface area (Å²) in [5.74, 6) is 0.232. The molecule has 1 rings (SSSR count). The number of carbonyl (C=O) groups excluding carboxylic acids is 1. The fourth-order valence-electron chi connectivity index (χ4n) is 2.13. The summed E-state index contributed by atoms with van der Waals surface area (Å²) >= 11 is 0. The molecular formula is C16H26N2O2. The number of likely N-dealkylation sites (N-methyl/N-ethyl adjacent to an activating group) is 1. The van der Waals surface area contributed by atoms with Crippen LogP contribution >= 0.6 is 0 Å². The average Bonchev–Trinajstić information content (AvgIpc) is 2.36. The Kier molecular flexibility index (Phi) is 5.57. The van der Waals surface area contributed by atoms with Crippen LogP contribution in [0.1, 0.15) is 39.2 Å². The van der Waals surface area contributed by atoms with Gasteiger partial charge in [-0.3, -0.25) is 0 Å². The molecule has 0 spiro atoms. The van der Waals surface area contributed by atoms with Gasteiger partial charge in [-0.05, 0) is 26.3 Å². The minimum atomic E-state index is -0.889. The molecule has 0 saturated carbocycles. The summed E-state index contributed by atoms with van der Waals surface area (Å²) in [6.45, 7) is 7.76. The van der Waals surface area contributed by atoms with Gasteiger partial charge in [-0.25, -0.2) is 4.79 Å². The molecule has 4 nitrogen and oxygen atoms in total. The maximum Gasteiger partial charge on any atom is 0.317 e. The molecule has 2 N–H and O–H groups in total. The molecule has 2 unspecified atom stereocenters. The molecule has 112 valence electrons. The van der Waals surface area contributed by atoms with E-state index in [2.05, 4.69) is 24.4 Å². The summed E-state index contributed by atoms with van der Waals surface area (Å²) in [7, 11) is 1.69. The highest BCUT2D eigenvalue weighted by molar-refractivity contribution is 5.74. The van der Waals surface area contributed by atoms with Crippen molar-refractivity contribution in [3.8, 4) is 0 Å². The van der Waals surface area contributed by atoms with Crippen LogP contribution in [-0.2, 0) is 0 Å². The molecule has 0 radical (unpaired) electrons. The van der Waals surface area contributed by atoms with Gasteiger partial charge in [-0.1, -0.05) is 37.3 Å². The second kappa shape index (κ2) is 6.75. The minimum Gasteiger partial charge on any atom is -0.389 e. The first kappa shape index (κ1) is 16.5. The van der Waals surface area contributed by atoms with Crippen molar-refractivity contribution >= 4 is 6.03 Å². The predicted octanol–water partition coefficient (Wildman–Crippen LogP) is 2.59. The van der Waals surface area contributed by atoms with E-state index >= 15 is 0 Å². The van der Waals surface area contributed by atoms with E-state index < -0.39 is 5.60 Å². The summed E-state index contributed by atoms with van der Waals surface area (Å²) in [6, 6.07) is 9.97. The van der Waals surface area contributed by atoms with Crippen LogP contribution in [0.25, 0.3) is 0 Å². The lowest BCUT2D eigenvalue weighted by Gasteiger charge is -2.29. The van der Waals surface area contributed by atoms with Gasteiger partial charge in [-0.2, -0.15) is 0 Å². The van der Waals surface area contributed by atoms with Gasteiger partial charge in [-0.15, -0.1) is 0 Å². The normalized spacial score (nSPS) is 14.5. The van der Waals surface area contributed by atoms with Gasteiger partial charge in [0.05, 0.1) is 12.1 Å². The van der Waals surface area contributed by atoms with Gasteiger partial charge in [0.2, 0.25) is 0 Å². The SMILES string of the molecule is CC(NC(=O)N(C)CC(C)(C)O)C(C)c1ccccc1. The standard InChI is InChI=1S/C16H26N2O2/c1-12(14-9-7-6-8-10-14)13(2)17-15(19)18(5)11-16(3,4)20/h6-10,12-13,20H,11H2,1-5H3,(H,17,19). The number of benzene rings is 1. The van der Waals surface area contributed by atoms with Crippen LogP contribution in [-0.4, -0.2) is 41.3 Å². The predicted molar refractivity (Wildman–Crippen MR) is 81.8 cm³/mol. The highest BCUT2D eigenvalue weighted by atomic mass is 16.3. The number of amides is 2. The number of hydrogen-bond donors (Lipinski definition) is 2. The van der Waals surface area contributed by atoms with Crippen molar-refractivity contribution in [1.29, 1.82) is 0 Å². The van der Waals surface area contributed by atoms with E-state index in [1.54, 1.807) is 20.9 Å². The largest absolute Gasteiger partial charge is 0.389 e. The zero-order valence-electron chi connectivity index (χ0n) is 13.1. The second-order valence-corrected chi connectivity index (χ2v) is 6.11. The maximum atomic E-state index is 12.1. The number of urea groups is 1. The summed E-state index contributed by atoms with van der Waals surface area (Å²) in [4.78, 5) is 13.6. The van der Waals surface area contributed by atoms with E-state index in [1.807, 2.05) is 25.1 Å². The summed E-state index contributed by atoms with van der Waals surface area (Å²) in [5.41, 5.74) is 0.311. The van der Waals surface area contributed by atoms with Gasteiger partial charge < -0.3 is 15.3 Å². The van der Waals surface area contributed by atoms with Crippen molar-refractivity contribution in [2.45, 2.75) is 45.3 Å². The van der Waals surface area contributed by atoms with Crippen molar-refractivity contribution < 1.29 is 9.90 Å². The van der Waals surface area contributed by atoms with Crippen molar-refractivity contribution in [3.05, 3.63) is 35.9 Å². The third-order valence-electron chi connectivity index (χ3n) is 3.40. The number of hydrogen-bond acceptors (Lipinski definition) is 2. The Hall–Kier alpha value is -1.55. The molecule has 0 aliphatic heterocycles. The first-order valence-corrected chi connectivity index (χ1v) is 6.99. The number of nitrogens with one attached hydrogen (secondary N) is 1. The van der Waals surface area contributed by atoms with Crippen LogP contribution in [0.3, 0.4) is 0 Å². The number of aliphatic hydroxyl groups is 1. The lowest BCUT2D eigenvalue weighted by atomic mass is 9.94. The van der Waals surface area contributed by atoms with Crippen LogP contribution in [0, 0.1) is 0 Å². The molecule has 1 aromatic carbocycles. The fourth-order valence-corrected chi connectivity index (χ4v) is 2.13. The van der Waals surface area contributed by atoms with Crippen LogP contribution in [0.2, 0.25) is 0 Å². The molecule has 0 aromatic heterocycles. The molecule has 2 amide bonds.